The van der Waals surface area contributed by atoms with Crippen LogP contribution in [0.2, 0.25) is 5.02 Å². The van der Waals surface area contributed by atoms with Gasteiger partial charge in [0.1, 0.15) is 0 Å². The zero-order chi connectivity index (χ0) is 20.0. The molecule has 0 aliphatic carbocycles. The van der Waals surface area contributed by atoms with Gasteiger partial charge in [0.05, 0.1) is 9.77 Å². The number of nitrogens with zero attached hydrogens (tertiary/aromatic N) is 1. The zero-order valence-corrected chi connectivity index (χ0v) is 17.4. The minimum Gasteiger partial charge on any atom is -0.297 e. The van der Waals surface area contributed by atoms with Crippen LogP contribution in [0.5, 0.6) is 0 Å². The van der Waals surface area contributed by atoms with Crippen LogP contribution in [0.1, 0.15) is 32.1 Å². The number of nitrogens with one attached hydrogen (secondary N) is 1. The maximum atomic E-state index is 12.3. The molecule has 28 heavy (non-hydrogen) atoms. The quantitative estimate of drug-likeness (QED) is 0.406. The summed E-state index contributed by atoms with van der Waals surface area (Å²) >= 11 is 7.26. The molecule has 0 amide bonds. The summed E-state index contributed by atoms with van der Waals surface area (Å²) in [7, 11) is -3.57. The van der Waals surface area contributed by atoms with Crippen molar-refractivity contribution >= 4 is 39.2 Å². The smallest absolute Gasteiger partial charge is 0.240 e. The number of aldehydes is 1. The Balaban J connectivity index is 1.57. The number of halogens is 1. The Morgan fingerprint density at radius 2 is 1.96 bits per heavy atom. The Bertz CT molecular complexity index is 1030. The lowest BCUT2D eigenvalue weighted by atomic mass is 10.1. The van der Waals surface area contributed by atoms with Gasteiger partial charge in [0.15, 0.2) is 6.29 Å². The number of thiophene rings is 1. The highest BCUT2D eigenvalue weighted by Gasteiger charge is 2.14. The molecule has 1 aromatic carbocycles. The fourth-order valence-electron chi connectivity index (χ4n) is 2.77. The number of rotatable bonds is 9. The van der Waals surface area contributed by atoms with Gasteiger partial charge in [0.25, 0.3) is 0 Å². The second kappa shape index (κ2) is 9.43. The average molecular weight is 435 g/mol. The molecule has 0 radical (unpaired) electrons. The first kappa shape index (κ1) is 20.7. The second-order valence-corrected chi connectivity index (χ2v) is 9.59. The first-order valence-electron chi connectivity index (χ1n) is 8.69. The molecule has 2 heterocycles. The summed E-state index contributed by atoms with van der Waals surface area (Å²) in [5.74, 6) is 0. The molecule has 0 saturated carbocycles. The van der Waals surface area contributed by atoms with E-state index in [4.69, 9.17) is 11.6 Å². The Kier molecular flexibility index (Phi) is 6.96. The van der Waals surface area contributed by atoms with Gasteiger partial charge in [-0.2, -0.15) is 0 Å². The molecular formula is C20H19ClN2O3S2. The molecule has 2 aromatic heterocycles. The number of hydrogen-bond donors (Lipinski definition) is 1. The molecule has 0 saturated heterocycles. The second-order valence-electron chi connectivity index (χ2n) is 6.21. The van der Waals surface area contributed by atoms with E-state index in [0.29, 0.717) is 22.7 Å². The molecule has 0 aliphatic rings. The summed E-state index contributed by atoms with van der Waals surface area (Å²) in [5, 5.41) is 0.486. The summed E-state index contributed by atoms with van der Waals surface area (Å²) in [5.41, 5.74) is 2.04. The topological polar surface area (TPSA) is 76.1 Å². The molecule has 0 bridgehead atoms. The van der Waals surface area contributed by atoms with Crippen LogP contribution >= 0.6 is 22.9 Å². The van der Waals surface area contributed by atoms with E-state index in [1.807, 2.05) is 24.4 Å². The lowest BCUT2D eigenvalue weighted by molar-refractivity contribution is 0.112. The van der Waals surface area contributed by atoms with Crippen molar-refractivity contribution in [1.29, 1.82) is 0 Å². The van der Waals surface area contributed by atoms with Crippen molar-refractivity contribution < 1.29 is 13.2 Å². The van der Waals surface area contributed by atoms with Crippen molar-refractivity contribution in [2.24, 2.45) is 0 Å². The Morgan fingerprint density at radius 3 is 2.64 bits per heavy atom. The number of aromatic nitrogens is 1. The average Bonchev–Trinajstić information content (AvgIpc) is 3.08. The van der Waals surface area contributed by atoms with Crippen molar-refractivity contribution in [2.75, 3.05) is 6.54 Å². The third kappa shape index (κ3) is 5.48. The molecular weight excluding hydrogens is 416 g/mol. The van der Waals surface area contributed by atoms with E-state index in [2.05, 4.69) is 9.71 Å². The monoisotopic (exact) mass is 434 g/mol. The van der Waals surface area contributed by atoms with Crippen LogP contribution in [0.15, 0.2) is 59.8 Å². The number of aryl methyl sites for hydroxylation is 1. The van der Waals surface area contributed by atoms with Crippen LogP contribution in [0.3, 0.4) is 0 Å². The first-order chi connectivity index (χ1) is 13.5. The van der Waals surface area contributed by atoms with Crippen molar-refractivity contribution in [3.63, 3.8) is 0 Å². The van der Waals surface area contributed by atoms with Gasteiger partial charge in [-0.3, -0.25) is 9.78 Å². The molecule has 5 nitrogen and oxygen atoms in total. The van der Waals surface area contributed by atoms with Gasteiger partial charge in [-0.1, -0.05) is 17.7 Å². The summed E-state index contributed by atoms with van der Waals surface area (Å²) in [4.78, 5) is 17.4. The maximum Gasteiger partial charge on any atom is 0.240 e. The Hall–Kier alpha value is -2.06. The fraction of sp³-hybridized carbons (Fsp3) is 0.200. The van der Waals surface area contributed by atoms with Gasteiger partial charge in [-0.15, -0.1) is 11.3 Å². The van der Waals surface area contributed by atoms with Gasteiger partial charge >= 0.3 is 0 Å². The molecule has 3 rings (SSSR count). The molecule has 1 N–H and O–H groups in total. The van der Waals surface area contributed by atoms with E-state index in [1.54, 1.807) is 18.3 Å². The minimum atomic E-state index is -3.57. The van der Waals surface area contributed by atoms with E-state index in [9.17, 15) is 13.2 Å². The summed E-state index contributed by atoms with van der Waals surface area (Å²) < 4.78 is 27.1. The number of carbonyl (C=O) groups excluding carboxylic acids is 1. The van der Waals surface area contributed by atoms with E-state index < -0.39 is 10.0 Å². The van der Waals surface area contributed by atoms with Crippen LogP contribution in [-0.4, -0.2) is 26.2 Å². The van der Waals surface area contributed by atoms with Crippen LogP contribution in [-0.2, 0) is 22.9 Å². The molecule has 0 spiro atoms. The highest BCUT2D eigenvalue weighted by atomic mass is 35.5. The Labute approximate surface area is 173 Å². The SMILES string of the molecule is O=Cc1sc(Cc2cccnc2)cc1CCCNS(=O)(=O)c1ccc(Cl)cc1. The first-order valence-corrected chi connectivity index (χ1v) is 11.4. The summed E-state index contributed by atoms with van der Waals surface area (Å²) in [6.45, 7) is 0.289. The Morgan fingerprint density at radius 1 is 1.18 bits per heavy atom. The molecule has 146 valence electrons. The van der Waals surface area contributed by atoms with Crippen LogP contribution in [0, 0.1) is 0 Å². The van der Waals surface area contributed by atoms with Crippen LogP contribution in [0.4, 0.5) is 0 Å². The third-order valence-corrected chi connectivity index (χ3v) is 6.97. The number of carbonyl (C=O) groups is 1. The predicted molar refractivity (Wildman–Crippen MR) is 112 cm³/mol. The van der Waals surface area contributed by atoms with Gasteiger partial charge in [-0.05, 0) is 60.4 Å². The van der Waals surface area contributed by atoms with Gasteiger partial charge < -0.3 is 0 Å². The summed E-state index contributed by atoms with van der Waals surface area (Å²) in [6, 6.07) is 11.9. The van der Waals surface area contributed by atoms with E-state index in [-0.39, 0.29) is 11.4 Å². The number of sulfonamides is 1. The molecule has 0 fully saturated rings. The lowest BCUT2D eigenvalue weighted by Crippen LogP contribution is -2.25. The van der Waals surface area contributed by atoms with Crippen molar-refractivity contribution in [3.8, 4) is 0 Å². The van der Waals surface area contributed by atoms with Crippen molar-refractivity contribution in [2.45, 2.75) is 24.2 Å². The maximum absolute atomic E-state index is 12.3. The van der Waals surface area contributed by atoms with Gasteiger partial charge in [0, 0.05) is 35.3 Å². The molecule has 0 unspecified atom stereocenters. The van der Waals surface area contributed by atoms with Gasteiger partial charge in [-0.25, -0.2) is 13.1 Å². The molecule has 0 aliphatic heterocycles. The van der Waals surface area contributed by atoms with Crippen molar-refractivity contribution in [1.82, 2.24) is 9.71 Å². The largest absolute Gasteiger partial charge is 0.297 e. The molecule has 8 heteroatoms. The fourth-order valence-corrected chi connectivity index (χ4v) is 5.03. The minimum absolute atomic E-state index is 0.180. The molecule has 0 atom stereocenters. The number of benzene rings is 1. The highest BCUT2D eigenvalue weighted by Crippen LogP contribution is 2.24. The van der Waals surface area contributed by atoms with Crippen LogP contribution < -0.4 is 4.72 Å². The standard InChI is InChI=1S/C20H19ClN2O3S2/c21-17-5-7-19(8-6-17)28(25,26)23-10-2-4-16-12-18(27-20(16)14-24)11-15-3-1-9-22-13-15/h1,3,5-9,12-14,23H,2,4,10-11H2. The van der Waals surface area contributed by atoms with Crippen molar-refractivity contribution in [3.05, 3.63) is 80.8 Å². The zero-order valence-electron chi connectivity index (χ0n) is 15.0. The number of pyridine rings is 1. The molecule has 3 aromatic rings. The van der Waals surface area contributed by atoms with Crippen LogP contribution in [0.25, 0.3) is 0 Å². The van der Waals surface area contributed by atoms with E-state index >= 15 is 0 Å². The number of hydrogen-bond acceptors (Lipinski definition) is 5. The van der Waals surface area contributed by atoms with E-state index in [1.165, 1.54) is 23.5 Å². The predicted octanol–water partition coefficient (Wildman–Crippen LogP) is 4.11. The summed E-state index contributed by atoms with van der Waals surface area (Å²) in [6.07, 6.45) is 6.35. The normalized spacial score (nSPS) is 11.5. The third-order valence-electron chi connectivity index (χ3n) is 4.14. The van der Waals surface area contributed by atoms with Gasteiger partial charge in [0.2, 0.25) is 10.0 Å². The van der Waals surface area contributed by atoms with E-state index in [0.717, 1.165) is 28.7 Å². The highest BCUT2D eigenvalue weighted by molar-refractivity contribution is 7.89. The lowest BCUT2D eigenvalue weighted by Gasteiger charge is -2.06.